The van der Waals surface area contributed by atoms with Crippen molar-refractivity contribution in [2.45, 2.75) is 69.4 Å². The molecule has 1 aliphatic carbocycles. The summed E-state index contributed by atoms with van der Waals surface area (Å²) in [5.41, 5.74) is 8.53. The molecule has 2 amide bonds. The van der Waals surface area contributed by atoms with Crippen LogP contribution < -0.4 is 26.0 Å². The van der Waals surface area contributed by atoms with Crippen molar-refractivity contribution in [3.63, 3.8) is 0 Å². The number of anilines is 3. The van der Waals surface area contributed by atoms with E-state index in [1.807, 2.05) is 12.1 Å². The lowest BCUT2D eigenvalue weighted by Gasteiger charge is -2.36. The van der Waals surface area contributed by atoms with Gasteiger partial charge in [-0.05, 0) is 99.5 Å². The van der Waals surface area contributed by atoms with Crippen molar-refractivity contribution in [1.82, 2.24) is 20.2 Å². The van der Waals surface area contributed by atoms with Crippen LogP contribution in [0, 0.1) is 0 Å². The van der Waals surface area contributed by atoms with E-state index in [1.54, 1.807) is 37.6 Å². The van der Waals surface area contributed by atoms with Gasteiger partial charge >= 0.3 is 0 Å². The number of nitrogens with one attached hydrogen (secondary N) is 2. The molecule has 10 nitrogen and oxygen atoms in total. The molecule has 0 radical (unpaired) electrons. The van der Waals surface area contributed by atoms with Crippen molar-refractivity contribution in [3.05, 3.63) is 71.5 Å². The zero-order valence-corrected chi connectivity index (χ0v) is 25.5. The maximum atomic E-state index is 12.9. The number of ether oxygens (including phenoxy) is 1. The number of carbonyl (C=O) groups is 2. The Kier molecular flexibility index (Phi) is 9.26. The summed E-state index contributed by atoms with van der Waals surface area (Å²) < 4.78 is 5.19. The SMILES string of the molecule is COc1ccc(C(=O)NC2CCCN(c3cnc(C(N)=O)c(Nc4ccc(C5CCN(C6CCCC6)CC5)cc4)n3)C2)cc1. The number of rotatable bonds is 9. The number of amides is 2. The van der Waals surface area contributed by atoms with Gasteiger partial charge in [-0.15, -0.1) is 0 Å². The number of piperidine rings is 2. The summed E-state index contributed by atoms with van der Waals surface area (Å²) in [6.45, 7) is 3.72. The minimum absolute atomic E-state index is 0.0510. The van der Waals surface area contributed by atoms with Crippen molar-refractivity contribution in [1.29, 1.82) is 0 Å². The van der Waals surface area contributed by atoms with Crippen LogP contribution in [0.1, 0.15) is 83.7 Å². The third kappa shape index (κ3) is 6.96. The molecule has 2 aromatic carbocycles. The average molecular weight is 598 g/mol. The zero-order valence-electron chi connectivity index (χ0n) is 25.5. The highest BCUT2D eigenvalue weighted by Gasteiger charge is 2.28. The van der Waals surface area contributed by atoms with Crippen molar-refractivity contribution < 1.29 is 14.3 Å². The van der Waals surface area contributed by atoms with Crippen LogP contribution in [0.15, 0.2) is 54.7 Å². The number of methoxy groups -OCH3 is 1. The monoisotopic (exact) mass is 597 g/mol. The van der Waals surface area contributed by atoms with E-state index in [1.165, 1.54) is 57.2 Å². The first-order valence-electron chi connectivity index (χ1n) is 15.9. The van der Waals surface area contributed by atoms with Crippen LogP contribution in [-0.4, -0.2) is 72.1 Å². The van der Waals surface area contributed by atoms with E-state index in [0.29, 0.717) is 35.4 Å². The number of aromatic nitrogens is 2. The third-order valence-corrected chi connectivity index (χ3v) is 9.44. The van der Waals surface area contributed by atoms with E-state index in [0.717, 1.165) is 31.1 Å². The molecule has 3 aliphatic rings. The van der Waals surface area contributed by atoms with Gasteiger partial charge in [0.1, 0.15) is 11.6 Å². The van der Waals surface area contributed by atoms with Crippen molar-refractivity contribution in [3.8, 4) is 5.75 Å². The first kappa shape index (κ1) is 29.9. The van der Waals surface area contributed by atoms with Crippen molar-refractivity contribution in [2.24, 2.45) is 5.73 Å². The van der Waals surface area contributed by atoms with Crippen molar-refractivity contribution in [2.75, 3.05) is 43.5 Å². The summed E-state index contributed by atoms with van der Waals surface area (Å²) in [7, 11) is 1.60. The van der Waals surface area contributed by atoms with Crippen LogP contribution in [0.25, 0.3) is 0 Å². The van der Waals surface area contributed by atoms with Gasteiger partial charge in [0.05, 0.1) is 13.3 Å². The molecule has 1 saturated carbocycles. The molecule has 0 bridgehead atoms. The van der Waals surface area contributed by atoms with Gasteiger partial charge in [-0.2, -0.15) is 0 Å². The van der Waals surface area contributed by atoms with E-state index >= 15 is 0 Å². The summed E-state index contributed by atoms with van der Waals surface area (Å²) in [5.74, 6) is 1.48. The first-order valence-corrected chi connectivity index (χ1v) is 15.9. The standard InChI is InChI=1S/C34H43N7O3/c1-44-29-14-10-25(11-15-29)34(43)38-27-5-4-18-41(22-27)30-21-36-31(32(35)42)33(39-30)37-26-12-8-23(9-13-26)24-16-19-40(20-17-24)28-6-2-3-7-28/h8-15,21,24,27-28H,2-7,16-20,22H2,1H3,(H2,35,42)(H,37,39)(H,38,43). The molecule has 10 heteroatoms. The second kappa shape index (κ2) is 13.6. The molecule has 232 valence electrons. The van der Waals surface area contributed by atoms with Gasteiger partial charge < -0.3 is 30.9 Å². The largest absolute Gasteiger partial charge is 0.497 e. The predicted octanol–water partition coefficient (Wildman–Crippen LogP) is 4.85. The molecular weight excluding hydrogens is 554 g/mol. The summed E-state index contributed by atoms with van der Waals surface area (Å²) in [5, 5.41) is 6.44. The lowest BCUT2D eigenvalue weighted by molar-refractivity contribution is 0.0931. The number of nitrogens with zero attached hydrogens (tertiary/aromatic N) is 4. The fraction of sp³-hybridized carbons (Fsp3) is 0.471. The predicted molar refractivity (Wildman–Crippen MR) is 172 cm³/mol. The molecule has 0 spiro atoms. The van der Waals surface area contributed by atoms with Gasteiger partial charge in [-0.25, -0.2) is 9.97 Å². The molecule has 2 saturated heterocycles. The van der Waals surface area contributed by atoms with E-state index in [9.17, 15) is 9.59 Å². The van der Waals surface area contributed by atoms with Crippen LogP contribution in [0.3, 0.4) is 0 Å². The van der Waals surface area contributed by atoms with E-state index in [4.69, 9.17) is 15.5 Å². The highest BCUT2D eigenvalue weighted by Crippen LogP contribution is 2.33. The Balaban J connectivity index is 1.09. The minimum atomic E-state index is -0.638. The number of hydrogen-bond donors (Lipinski definition) is 3. The summed E-state index contributed by atoms with van der Waals surface area (Å²) in [4.78, 5) is 39.1. The summed E-state index contributed by atoms with van der Waals surface area (Å²) >= 11 is 0. The Morgan fingerprint density at radius 2 is 1.64 bits per heavy atom. The maximum Gasteiger partial charge on any atom is 0.271 e. The molecule has 6 rings (SSSR count). The molecule has 2 aliphatic heterocycles. The van der Waals surface area contributed by atoms with Crippen LogP contribution in [0.2, 0.25) is 0 Å². The quantitative estimate of drug-likeness (QED) is 0.320. The van der Waals surface area contributed by atoms with E-state index in [2.05, 4.69) is 37.6 Å². The Morgan fingerprint density at radius 1 is 0.909 bits per heavy atom. The van der Waals surface area contributed by atoms with Gasteiger partial charge in [0.15, 0.2) is 11.5 Å². The Hall–Kier alpha value is -4.18. The molecule has 44 heavy (non-hydrogen) atoms. The number of carbonyl (C=O) groups excluding carboxylic acids is 2. The lowest BCUT2D eigenvalue weighted by Crippen LogP contribution is -2.48. The summed E-state index contributed by atoms with van der Waals surface area (Å²) in [6.07, 6.45) is 11.2. The molecule has 1 atom stereocenters. The van der Waals surface area contributed by atoms with Crippen molar-refractivity contribution >= 4 is 29.1 Å². The second-order valence-electron chi connectivity index (χ2n) is 12.3. The highest BCUT2D eigenvalue weighted by molar-refractivity contribution is 5.96. The van der Waals surface area contributed by atoms with Crippen LogP contribution in [-0.2, 0) is 0 Å². The van der Waals surface area contributed by atoms with Crippen LogP contribution in [0.5, 0.6) is 5.75 Å². The number of hydrogen-bond acceptors (Lipinski definition) is 8. The molecule has 3 aromatic rings. The molecule has 3 heterocycles. The smallest absolute Gasteiger partial charge is 0.271 e. The molecular formula is C34H43N7O3. The van der Waals surface area contributed by atoms with Gasteiger partial charge in [-0.3, -0.25) is 9.59 Å². The highest BCUT2D eigenvalue weighted by atomic mass is 16.5. The minimum Gasteiger partial charge on any atom is -0.497 e. The first-order chi connectivity index (χ1) is 21.5. The number of primary amides is 1. The number of likely N-dealkylation sites (tertiary alicyclic amines) is 1. The normalized spacial score (nSPS) is 19.9. The van der Waals surface area contributed by atoms with Gasteiger partial charge in [-0.1, -0.05) is 25.0 Å². The fourth-order valence-corrected chi connectivity index (χ4v) is 6.96. The van der Waals surface area contributed by atoms with Gasteiger partial charge in [0.25, 0.3) is 11.8 Å². The fourth-order valence-electron chi connectivity index (χ4n) is 6.96. The second-order valence-corrected chi connectivity index (χ2v) is 12.3. The molecule has 4 N–H and O–H groups in total. The van der Waals surface area contributed by atoms with Gasteiger partial charge in [0, 0.05) is 36.4 Å². The van der Waals surface area contributed by atoms with Crippen LogP contribution >= 0.6 is 0 Å². The number of benzene rings is 2. The number of nitrogens with two attached hydrogens (primary N) is 1. The van der Waals surface area contributed by atoms with E-state index in [-0.39, 0.29) is 17.6 Å². The van der Waals surface area contributed by atoms with Gasteiger partial charge in [0.2, 0.25) is 0 Å². The zero-order chi connectivity index (χ0) is 30.5. The lowest BCUT2D eigenvalue weighted by atomic mass is 9.88. The Labute approximate surface area is 259 Å². The van der Waals surface area contributed by atoms with Crippen LogP contribution in [0.4, 0.5) is 17.3 Å². The topological polar surface area (TPSA) is 126 Å². The van der Waals surface area contributed by atoms with E-state index < -0.39 is 5.91 Å². The third-order valence-electron chi connectivity index (χ3n) is 9.44. The molecule has 1 unspecified atom stereocenters. The Bertz CT molecular complexity index is 1430. The Morgan fingerprint density at radius 3 is 2.32 bits per heavy atom. The molecule has 3 fully saturated rings. The maximum absolute atomic E-state index is 12.9. The molecule has 1 aromatic heterocycles. The average Bonchev–Trinajstić information content (AvgIpc) is 3.61. The summed E-state index contributed by atoms with van der Waals surface area (Å²) in [6, 6.07) is 16.3.